The van der Waals surface area contributed by atoms with Crippen LogP contribution in [-0.4, -0.2) is 125 Å². The van der Waals surface area contributed by atoms with E-state index in [1.54, 1.807) is 65.6 Å². The maximum Gasteiger partial charge on any atom is 0.271 e. The molecule has 3 spiro atoms. The number of amides is 4. The number of aromatic amines is 1. The Morgan fingerprint density at radius 1 is 0.520 bits per heavy atom. The molecule has 3 fully saturated rings. The predicted octanol–water partition coefficient (Wildman–Crippen LogP) is 10.7. The van der Waals surface area contributed by atoms with E-state index >= 15 is 0 Å². The molecule has 0 radical (unpaired) electrons. The summed E-state index contributed by atoms with van der Waals surface area (Å²) in [6, 6.07) is 54.1. The number of hydrogen-bond acceptors (Lipinski definition) is 16. The molecule has 6 aliphatic heterocycles. The highest BCUT2D eigenvalue weighted by molar-refractivity contribution is 7.90. The van der Waals surface area contributed by atoms with Gasteiger partial charge in [-0.15, -0.1) is 11.3 Å². The number of primary amides is 1. The Morgan fingerprint density at radius 3 is 1.54 bits per heavy atom. The van der Waals surface area contributed by atoms with E-state index in [0.29, 0.717) is 99.2 Å². The minimum absolute atomic E-state index is 0.0116. The number of fused-ring (bicyclic) bond motifs is 8. The molecule has 7 aromatic carbocycles. The van der Waals surface area contributed by atoms with Crippen molar-refractivity contribution in [3.8, 4) is 39.4 Å². The van der Waals surface area contributed by atoms with Crippen LogP contribution in [0.1, 0.15) is 114 Å². The van der Waals surface area contributed by atoms with Crippen molar-refractivity contribution in [3.05, 3.63) is 237 Å². The number of nitrogens with zero attached hydrogens (tertiary/aromatic N) is 6. The summed E-state index contributed by atoms with van der Waals surface area (Å²) in [7, 11) is -3.97. The molecule has 4 amide bonds. The van der Waals surface area contributed by atoms with Crippen LogP contribution in [0.15, 0.2) is 191 Å². The quantitative estimate of drug-likeness (QED) is 0.0804. The van der Waals surface area contributed by atoms with Crippen LogP contribution in [0.25, 0.3) is 44.0 Å². The van der Waals surface area contributed by atoms with E-state index in [1.165, 1.54) is 38.1 Å². The molecule has 11 aromatic rings. The van der Waals surface area contributed by atoms with E-state index in [0.717, 1.165) is 101 Å². The van der Waals surface area contributed by atoms with Gasteiger partial charge in [0.15, 0.2) is 0 Å². The van der Waals surface area contributed by atoms with Gasteiger partial charge in [-0.25, -0.2) is 12.4 Å². The predicted molar refractivity (Wildman–Crippen MR) is 381 cm³/mol. The molecule has 0 aliphatic carbocycles. The van der Waals surface area contributed by atoms with Gasteiger partial charge < -0.3 is 61.4 Å². The van der Waals surface area contributed by atoms with Crippen molar-refractivity contribution in [1.82, 2.24) is 33.8 Å². The zero-order valence-corrected chi connectivity index (χ0v) is 56.6. The third-order valence-corrected chi connectivity index (χ3v) is 23.5. The van der Waals surface area contributed by atoms with Crippen molar-refractivity contribution in [2.75, 3.05) is 59.1 Å². The molecule has 100 heavy (non-hydrogen) atoms. The largest absolute Gasteiger partial charge is 0.492 e. The average Bonchev–Trinajstić information content (AvgIpc) is 1.58. The van der Waals surface area contributed by atoms with Gasteiger partial charge in [-0.2, -0.15) is 4.98 Å². The maximum absolute atomic E-state index is 13.8. The van der Waals surface area contributed by atoms with Gasteiger partial charge >= 0.3 is 0 Å². The van der Waals surface area contributed by atoms with Gasteiger partial charge in [0.05, 0.1) is 35.1 Å². The molecule has 3 saturated heterocycles. The number of para-hydroxylation sites is 2. The first-order valence-electron chi connectivity index (χ1n) is 33.7. The molecule has 0 bridgehead atoms. The van der Waals surface area contributed by atoms with Crippen molar-refractivity contribution in [3.63, 3.8) is 0 Å². The Labute approximate surface area is 581 Å². The van der Waals surface area contributed by atoms with Gasteiger partial charge in [-0.1, -0.05) is 102 Å². The second kappa shape index (κ2) is 26.7. The number of nitrogens with one attached hydrogen (secondary N) is 1. The number of hydrogen-bond donors (Lipinski definition) is 5. The standard InChI is InChI=1S/C28H27N3O4S.C27H25N5O4S.C22H23N3O2/c29-18-20-10-11-26-23(16-20)28(19-35-26)12-14-30(15-13-28)27(32)25-17-21-6-4-5-9-24(21)31(25)36(33,34)22-7-2-1-3-8-22;28-14-16-3-4-21-20(10-16)27(15-35-21)5-7-32(8-6-27)26(34)19-12-17(23(29)33)11-18(13-19)25-30-24(31-36-25)22-2-1-9-37-22;23-13-15-5-6-20-17(11-15)22(14-27-20)7-9-25(10-8-22)21(26)19-12-16-3-1-2-4-18(16)24-19/h1-11,16-17H,12-15,18-19,29H2;1-4,9-13H,5-8,14-15,28H2,(H2,29,33);1-6,11-12,24H,7-10,13-14,23H2. The molecule has 4 aromatic heterocycles. The number of nitrogens with two attached hydrogens (primary N) is 4. The molecule has 0 atom stereocenters. The molecule has 23 heteroatoms. The highest BCUT2D eigenvalue weighted by Crippen LogP contribution is 2.49. The molecule has 9 N–H and O–H groups in total. The fraction of sp³-hybridized carbons (Fsp3) is 0.273. The zero-order valence-electron chi connectivity index (χ0n) is 54.9. The molecule has 510 valence electrons. The van der Waals surface area contributed by atoms with E-state index in [1.807, 2.05) is 106 Å². The van der Waals surface area contributed by atoms with E-state index in [9.17, 15) is 27.6 Å². The number of benzene rings is 7. The van der Waals surface area contributed by atoms with Crippen LogP contribution in [0.4, 0.5) is 0 Å². The topological polar surface area (TPSA) is 304 Å². The number of ether oxygens (including phenoxy) is 3. The van der Waals surface area contributed by atoms with Crippen LogP contribution >= 0.6 is 11.3 Å². The number of carbonyl (C=O) groups is 4. The summed E-state index contributed by atoms with van der Waals surface area (Å²) < 4.78 is 52.0. The highest BCUT2D eigenvalue weighted by atomic mass is 32.2. The second-order valence-corrected chi connectivity index (χ2v) is 29.4. The summed E-state index contributed by atoms with van der Waals surface area (Å²) in [5, 5.41) is 7.74. The first kappa shape index (κ1) is 65.5. The molecular weight excluding hydrogens is 1300 g/mol. The summed E-state index contributed by atoms with van der Waals surface area (Å²) in [4.78, 5) is 66.7. The zero-order chi connectivity index (χ0) is 68.9. The van der Waals surface area contributed by atoms with E-state index < -0.39 is 15.9 Å². The van der Waals surface area contributed by atoms with Crippen LogP contribution < -0.4 is 37.1 Å². The number of rotatable bonds is 11. The Morgan fingerprint density at radius 2 is 1.02 bits per heavy atom. The number of thiophene rings is 1. The first-order valence-corrected chi connectivity index (χ1v) is 36.0. The third-order valence-electron chi connectivity index (χ3n) is 20.9. The minimum Gasteiger partial charge on any atom is -0.492 e. The summed E-state index contributed by atoms with van der Waals surface area (Å²) in [5.74, 6) is 2.41. The summed E-state index contributed by atoms with van der Waals surface area (Å²) in [6.07, 6.45) is 4.86. The Balaban J connectivity index is 0.000000123. The molecule has 0 unspecified atom stereocenters. The molecular formula is C77H75N11O10S2. The SMILES string of the molecule is NCc1ccc2c(c1)C1(CCN(C(=O)c3cc(C(N)=O)cc(-c4nc(-c5cccs5)no4)c3)CC1)CO2.NCc1ccc2c(c1)C1(CCN(C(=O)c3cc4ccccc4[nH]3)CC1)CO2.NCc1ccc2c(c1)C1(CCN(C(=O)c3cc4ccccc4n3S(=O)(=O)c3ccccc3)CC1)CO2. The van der Waals surface area contributed by atoms with E-state index in [4.69, 9.17) is 41.7 Å². The highest BCUT2D eigenvalue weighted by Gasteiger charge is 2.47. The van der Waals surface area contributed by atoms with Gasteiger partial charge in [0, 0.05) is 125 Å². The van der Waals surface area contributed by atoms with Crippen molar-refractivity contribution in [1.29, 1.82) is 0 Å². The van der Waals surface area contributed by atoms with Crippen molar-refractivity contribution < 1.29 is 46.3 Å². The van der Waals surface area contributed by atoms with Gasteiger partial charge in [-0.3, -0.25) is 19.2 Å². The van der Waals surface area contributed by atoms with Gasteiger partial charge in [0.25, 0.3) is 33.6 Å². The lowest BCUT2D eigenvalue weighted by Gasteiger charge is -2.38. The Kier molecular flexibility index (Phi) is 17.5. The van der Waals surface area contributed by atoms with Crippen molar-refractivity contribution in [2.24, 2.45) is 22.9 Å². The average molecular weight is 1380 g/mol. The van der Waals surface area contributed by atoms with Gasteiger partial charge in [-0.05, 0) is 139 Å². The lowest BCUT2D eigenvalue weighted by atomic mass is 9.74. The fourth-order valence-electron chi connectivity index (χ4n) is 15.1. The van der Waals surface area contributed by atoms with Crippen molar-refractivity contribution >= 4 is 66.8 Å². The summed E-state index contributed by atoms with van der Waals surface area (Å²) in [5.41, 5.74) is 33.1. The number of likely N-dealkylation sites (tertiary alicyclic amines) is 3. The Hall–Kier alpha value is -10.4. The van der Waals surface area contributed by atoms with Crippen LogP contribution in [0.3, 0.4) is 0 Å². The molecule has 17 rings (SSSR count). The smallest absolute Gasteiger partial charge is 0.271 e. The molecule has 0 saturated carbocycles. The third kappa shape index (κ3) is 12.1. The lowest BCUT2D eigenvalue weighted by Crippen LogP contribution is -2.46. The second-order valence-electron chi connectivity index (χ2n) is 26.7. The van der Waals surface area contributed by atoms with Crippen LogP contribution in [0, 0.1) is 0 Å². The van der Waals surface area contributed by atoms with E-state index in [2.05, 4.69) is 33.3 Å². The van der Waals surface area contributed by atoms with Gasteiger partial charge in [0.1, 0.15) is 28.6 Å². The number of piperidine rings is 3. The number of carbonyl (C=O) groups excluding carboxylic acids is 4. The monoisotopic (exact) mass is 1380 g/mol. The lowest BCUT2D eigenvalue weighted by molar-refractivity contribution is 0.0634. The van der Waals surface area contributed by atoms with Crippen LogP contribution in [0.5, 0.6) is 17.2 Å². The summed E-state index contributed by atoms with van der Waals surface area (Å²) in [6.45, 7) is 7.00. The van der Waals surface area contributed by atoms with Gasteiger partial charge in [0.2, 0.25) is 11.7 Å². The molecule has 6 aliphatic rings. The normalized spacial score (nSPS) is 16.8. The fourth-order valence-corrected chi connectivity index (χ4v) is 17.2. The Bertz CT molecular complexity index is 5030. The first-order chi connectivity index (χ1) is 48.6. The summed E-state index contributed by atoms with van der Waals surface area (Å²) >= 11 is 1.49. The van der Waals surface area contributed by atoms with E-state index in [-0.39, 0.29) is 56.0 Å². The molecule has 10 heterocycles. The number of H-pyrrole nitrogens is 1. The van der Waals surface area contributed by atoms with Crippen molar-refractivity contribution in [2.45, 2.75) is 79.3 Å². The maximum atomic E-state index is 13.8. The van der Waals surface area contributed by atoms with Crippen LogP contribution in [0.2, 0.25) is 0 Å². The number of aromatic nitrogens is 4. The minimum atomic E-state index is -3.97. The van der Waals surface area contributed by atoms with Crippen LogP contribution in [-0.2, 0) is 45.9 Å². The molecule has 21 nitrogen and oxygen atoms in total.